The summed E-state index contributed by atoms with van der Waals surface area (Å²) < 4.78 is 0.832. The second-order valence-corrected chi connectivity index (χ2v) is 6.45. The minimum absolute atomic E-state index is 0.00651. The van der Waals surface area contributed by atoms with Crippen molar-refractivity contribution in [3.8, 4) is 0 Å². The summed E-state index contributed by atoms with van der Waals surface area (Å²) >= 11 is 3.48. The standard InChI is InChI=1S/C19H19BrN2O3/c1-2-3-5-15-8-10-18(17(20)13-15)21-19(23)11-9-14-6-4-7-16(12-14)22(24)25/h4,6-13H,2-3,5H2,1H3,(H,21,23)/b11-9+. The number of hydrogen-bond acceptors (Lipinski definition) is 3. The molecule has 1 N–H and O–H groups in total. The number of carbonyl (C=O) groups excluding carboxylic acids is 1. The van der Waals surface area contributed by atoms with E-state index >= 15 is 0 Å². The fourth-order valence-electron chi connectivity index (χ4n) is 2.28. The zero-order valence-corrected chi connectivity index (χ0v) is 15.5. The number of unbranched alkanes of at least 4 members (excludes halogenated alkanes) is 1. The topological polar surface area (TPSA) is 72.2 Å². The van der Waals surface area contributed by atoms with Gasteiger partial charge in [-0.1, -0.05) is 31.5 Å². The van der Waals surface area contributed by atoms with Gasteiger partial charge in [0, 0.05) is 22.7 Å². The molecule has 0 saturated carbocycles. The van der Waals surface area contributed by atoms with Crippen molar-refractivity contribution in [2.75, 3.05) is 5.32 Å². The summed E-state index contributed by atoms with van der Waals surface area (Å²) in [5.74, 6) is -0.298. The van der Waals surface area contributed by atoms with Gasteiger partial charge in [-0.05, 0) is 58.1 Å². The van der Waals surface area contributed by atoms with Gasteiger partial charge in [0.25, 0.3) is 5.69 Å². The van der Waals surface area contributed by atoms with Gasteiger partial charge in [-0.25, -0.2) is 0 Å². The van der Waals surface area contributed by atoms with Gasteiger partial charge in [0.1, 0.15) is 0 Å². The molecule has 0 saturated heterocycles. The number of nitro benzene ring substituents is 1. The quantitative estimate of drug-likeness (QED) is 0.385. The van der Waals surface area contributed by atoms with Crippen LogP contribution in [0.15, 0.2) is 53.0 Å². The van der Waals surface area contributed by atoms with Crippen LogP contribution in [-0.2, 0) is 11.2 Å². The first-order valence-electron chi connectivity index (χ1n) is 8.01. The maximum Gasteiger partial charge on any atom is 0.270 e. The second-order valence-electron chi connectivity index (χ2n) is 5.59. The summed E-state index contributed by atoms with van der Waals surface area (Å²) in [7, 11) is 0. The van der Waals surface area contributed by atoms with Crippen LogP contribution in [0.3, 0.4) is 0 Å². The Morgan fingerprint density at radius 3 is 2.76 bits per heavy atom. The lowest BCUT2D eigenvalue weighted by molar-refractivity contribution is -0.384. The summed E-state index contributed by atoms with van der Waals surface area (Å²) in [5, 5.41) is 13.6. The molecular formula is C19H19BrN2O3. The van der Waals surface area contributed by atoms with Gasteiger partial charge in [-0.2, -0.15) is 0 Å². The van der Waals surface area contributed by atoms with E-state index in [1.165, 1.54) is 23.8 Å². The van der Waals surface area contributed by atoms with E-state index in [2.05, 4.69) is 28.2 Å². The van der Waals surface area contributed by atoms with Gasteiger partial charge < -0.3 is 5.32 Å². The van der Waals surface area contributed by atoms with E-state index in [4.69, 9.17) is 0 Å². The first-order chi connectivity index (χ1) is 12.0. The van der Waals surface area contributed by atoms with E-state index in [0.29, 0.717) is 11.3 Å². The lowest BCUT2D eigenvalue weighted by atomic mass is 10.1. The zero-order valence-electron chi connectivity index (χ0n) is 13.9. The number of nitrogens with one attached hydrogen (secondary N) is 1. The molecule has 0 fully saturated rings. The SMILES string of the molecule is CCCCc1ccc(NC(=O)/C=C/c2cccc([N+](=O)[O-])c2)c(Br)c1. The molecular weight excluding hydrogens is 384 g/mol. The normalized spacial score (nSPS) is 10.8. The van der Waals surface area contributed by atoms with E-state index in [1.54, 1.807) is 18.2 Å². The number of non-ortho nitro benzene ring substituents is 1. The number of benzene rings is 2. The molecule has 0 aliphatic rings. The number of rotatable bonds is 7. The molecule has 0 atom stereocenters. The van der Waals surface area contributed by atoms with Crippen molar-refractivity contribution in [2.45, 2.75) is 26.2 Å². The van der Waals surface area contributed by atoms with Crippen LogP contribution in [0.1, 0.15) is 30.9 Å². The molecule has 0 unspecified atom stereocenters. The van der Waals surface area contributed by atoms with Crippen LogP contribution in [-0.4, -0.2) is 10.8 Å². The van der Waals surface area contributed by atoms with E-state index in [9.17, 15) is 14.9 Å². The highest BCUT2D eigenvalue weighted by Crippen LogP contribution is 2.24. The van der Waals surface area contributed by atoms with Crippen molar-refractivity contribution in [1.29, 1.82) is 0 Å². The number of amides is 1. The lowest BCUT2D eigenvalue weighted by Gasteiger charge is -2.07. The smallest absolute Gasteiger partial charge is 0.270 e. The molecule has 2 aromatic rings. The summed E-state index contributed by atoms with van der Waals surface area (Å²) in [6.07, 6.45) is 6.18. The molecule has 130 valence electrons. The van der Waals surface area contributed by atoms with E-state index < -0.39 is 4.92 Å². The Bertz CT molecular complexity index is 803. The van der Waals surface area contributed by atoms with Crippen LogP contribution in [0, 0.1) is 10.1 Å². The van der Waals surface area contributed by atoms with E-state index in [-0.39, 0.29) is 11.6 Å². The maximum absolute atomic E-state index is 12.1. The van der Waals surface area contributed by atoms with Crippen molar-refractivity contribution >= 4 is 39.3 Å². The molecule has 0 spiro atoms. The highest BCUT2D eigenvalue weighted by Gasteiger charge is 2.06. The highest BCUT2D eigenvalue weighted by molar-refractivity contribution is 9.10. The number of nitrogens with zero attached hydrogens (tertiary/aromatic N) is 1. The fraction of sp³-hybridized carbons (Fsp3) is 0.211. The molecule has 25 heavy (non-hydrogen) atoms. The molecule has 6 heteroatoms. The first kappa shape index (κ1) is 18.9. The highest BCUT2D eigenvalue weighted by atomic mass is 79.9. The molecule has 1 amide bonds. The van der Waals surface area contributed by atoms with Gasteiger partial charge in [-0.3, -0.25) is 14.9 Å². The number of hydrogen-bond donors (Lipinski definition) is 1. The van der Waals surface area contributed by atoms with Crippen LogP contribution in [0.4, 0.5) is 11.4 Å². The third-order valence-corrected chi connectivity index (χ3v) is 4.27. The Morgan fingerprint density at radius 2 is 2.08 bits per heavy atom. The number of aryl methyl sites for hydroxylation is 1. The van der Waals surface area contributed by atoms with Gasteiger partial charge in [-0.15, -0.1) is 0 Å². The first-order valence-corrected chi connectivity index (χ1v) is 8.81. The Labute approximate surface area is 155 Å². The van der Waals surface area contributed by atoms with Gasteiger partial charge in [0.2, 0.25) is 5.91 Å². The Kier molecular flexibility index (Phi) is 6.89. The minimum Gasteiger partial charge on any atom is -0.321 e. The molecule has 0 aliphatic heterocycles. The number of nitro groups is 1. The minimum atomic E-state index is -0.464. The number of halogens is 1. The van der Waals surface area contributed by atoms with Crippen molar-refractivity contribution in [1.82, 2.24) is 0 Å². The maximum atomic E-state index is 12.1. The van der Waals surface area contributed by atoms with Gasteiger partial charge in [0.05, 0.1) is 10.6 Å². The Balaban J connectivity index is 2.02. The summed E-state index contributed by atoms with van der Waals surface area (Å²) in [4.78, 5) is 22.4. The Hall–Kier alpha value is -2.47. The predicted octanol–water partition coefficient (Wildman–Crippen LogP) is 5.35. The van der Waals surface area contributed by atoms with Crippen molar-refractivity contribution in [3.05, 3.63) is 74.3 Å². The van der Waals surface area contributed by atoms with E-state index in [1.807, 2.05) is 18.2 Å². The summed E-state index contributed by atoms with van der Waals surface area (Å²) in [5.41, 5.74) is 2.50. The van der Waals surface area contributed by atoms with Crippen molar-refractivity contribution in [3.63, 3.8) is 0 Å². The fourth-order valence-corrected chi connectivity index (χ4v) is 2.81. The summed E-state index contributed by atoms with van der Waals surface area (Å²) in [6.45, 7) is 2.15. The average Bonchev–Trinajstić information content (AvgIpc) is 2.60. The monoisotopic (exact) mass is 402 g/mol. The molecule has 0 aliphatic carbocycles. The van der Waals surface area contributed by atoms with Crippen LogP contribution in [0.2, 0.25) is 0 Å². The lowest BCUT2D eigenvalue weighted by Crippen LogP contribution is -2.08. The van der Waals surface area contributed by atoms with Crippen molar-refractivity contribution < 1.29 is 9.72 Å². The van der Waals surface area contributed by atoms with Crippen molar-refractivity contribution in [2.24, 2.45) is 0 Å². The largest absolute Gasteiger partial charge is 0.321 e. The second kappa shape index (κ2) is 9.13. The third-order valence-electron chi connectivity index (χ3n) is 3.62. The number of anilines is 1. The van der Waals surface area contributed by atoms with Crippen LogP contribution >= 0.6 is 15.9 Å². The Morgan fingerprint density at radius 1 is 1.28 bits per heavy atom. The predicted molar refractivity (Wildman–Crippen MR) is 104 cm³/mol. The zero-order chi connectivity index (χ0) is 18.2. The van der Waals surface area contributed by atoms with Gasteiger partial charge in [0.15, 0.2) is 0 Å². The molecule has 2 rings (SSSR count). The van der Waals surface area contributed by atoms with Crippen LogP contribution < -0.4 is 5.32 Å². The molecule has 0 bridgehead atoms. The average molecular weight is 403 g/mol. The molecule has 0 radical (unpaired) electrons. The summed E-state index contributed by atoms with van der Waals surface area (Å²) in [6, 6.07) is 12.0. The van der Waals surface area contributed by atoms with Crippen LogP contribution in [0.25, 0.3) is 6.08 Å². The molecule has 0 aromatic heterocycles. The molecule has 5 nitrogen and oxygen atoms in total. The number of carbonyl (C=O) groups is 1. The third kappa shape index (κ3) is 5.83. The van der Waals surface area contributed by atoms with Crippen LogP contribution in [0.5, 0.6) is 0 Å². The van der Waals surface area contributed by atoms with Gasteiger partial charge >= 0.3 is 0 Å². The molecule has 2 aromatic carbocycles. The van der Waals surface area contributed by atoms with E-state index in [0.717, 1.165) is 23.7 Å². The molecule has 0 heterocycles.